The fraction of sp³-hybridized carbons (Fsp3) is 0.690. The van der Waals surface area contributed by atoms with Gasteiger partial charge >= 0.3 is 0 Å². The third kappa shape index (κ3) is 5.70. The van der Waals surface area contributed by atoms with E-state index in [1.807, 2.05) is 45.0 Å². The molecule has 4 rings (SSSR count). The Hall–Kier alpha value is -2.45. The number of nitrogens with one attached hydrogen (secondary N) is 1. The average molecular weight is 513 g/mol. The highest BCUT2D eigenvalue weighted by atomic mass is 16.5. The van der Waals surface area contributed by atoms with Gasteiger partial charge in [0.25, 0.3) is 5.91 Å². The quantitative estimate of drug-likeness (QED) is 0.548. The summed E-state index contributed by atoms with van der Waals surface area (Å²) in [7, 11) is 0. The van der Waals surface area contributed by atoms with Crippen LogP contribution in [0.1, 0.15) is 64.2 Å². The van der Waals surface area contributed by atoms with Gasteiger partial charge in [-0.2, -0.15) is 0 Å². The minimum absolute atomic E-state index is 0.0355. The zero-order valence-electron chi connectivity index (χ0n) is 23.2. The topological polar surface area (TPSA) is 82.2 Å². The fourth-order valence-corrected chi connectivity index (χ4v) is 5.93. The number of likely N-dealkylation sites (N-methyl/N-ethyl adjacent to an activating group) is 1. The molecule has 2 amide bonds. The van der Waals surface area contributed by atoms with Crippen molar-refractivity contribution in [3.05, 3.63) is 29.8 Å². The van der Waals surface area contributed by atoms with Crippen molar-refractivity contribution in [1.29, 1.82) is 0 Å². The second-order valence-electron chi connectivity index (χ2n) is 11.4. The van der Waals surface area contributed by atoms with Crippen LogP contribution in [0.2, 0.25) is 0 Å². The lowest BCUT2D eigenvalue weighted by Gasteiger charge is -2.37. The molecule has 3 aliphatic rings. The predicted molar refractivity (Wildman–Crippen MR) is 145 cm³/mol. The van der Waals surface area contributed by atoms with E-state index in [1.54, 1.807) is 4.90 Å². The number of Topliss-reactive ketones (excluding diaryl/α,β-unsaturated/α-hetero) is 1. The number of anilines is 1. The predicted octanol–water partition coefficient (Wildman–Crippen LogP) is 2.96. The van der Waals surface area contributed by atoms with Gasteiger partial charge in [-0.05, 0) is 49.1 Å². The van der Waals surface area contributed by atoms with Crippen molar-refractivity contribution < 1.29 is 19.1 Å². The van der Waals surface area contributed by atoms with E-state index >= 15 is 0 Å². The molecule has 1 aromatic rings. The van der Waals surface area contributed by atoms with E-state index in [-0.39, 0.29) is 36.2 Å². The lowest BCUT2D eigenvalue weighted by atomic mass is 9.80. The van der Waals surface area contributed by atoms with Crippen molar-refractivity contribution in [3.63, 3.8) is 0 Å². The Morgan fingerprint density at radius 2 is 1.76 bits per heavy atom. The highest BCUT2D eigenvalue weighted by Crippen LogP contribution is 2.36. The van der Waals surface area contributed by atoms with Gasteiger partial charge in [0.15, 0.2) is 5.78 Å². The largest absolute Gasteiger partial charge is 0.369 e. The summed E-state index contributed by atoms with van der Waals surface area (Å²) < 4.78 is 5.81. The SMILES string of the molecule is CCC[C@H]1CN(C(=O)[C@@H](NC(=O)c2ccc(N3CCN(CC)CC3)cc2)C(C)(C)CC)[C@@H]2C(=O)CO[C@H]12. The standard InChI is InChI=1S/C29H44N4O4/c1-6-9-21-18-33(24-23(34)19-37-25(21)24)28(36)26(29(4,5)7-2)30-27(35)20-10-12-22(13-11-20)32-16-14-31(8-3)15-17-32/h10-13,21,24-26H,6-9,14-19H2,1-5H3,(H,30,35)/t21-,24+,25+,26+/m0/s1. The number of nitrogens with zero attached hydrogens (tertiary/aromatic N) is 3. The lowest BCUT2D eigenvalue weighted by molar-refractivity contribution is -0.140. The third-order valence-electron chi connectivity index (χ3n) is 8.76. The molecule has 1 aromatic carbocycles. The molecule has 4 atom stereocenters. The first kappa shape index (κ1) is 27.6. The summed E-state index contributed by atoms with van der Waals surface area (Å²) in [5.74, 6) is -0.333. The molecule has 0 spiro atoms. The lowest BCUT2D eigenvalue weighted by Crippen LogP contribution is -2.57. The molecule has 0 unspecified atom stereocenters. The molecule has 37 heavy (non-hydrogen) atoms. The summed E-state index contributed by atoms with van der Waals surface area (Å²) in [6, 6.07) is 6.40. The van der Waals surface area contributed by atoms with Gasteiger partial charge < -0.3 is 24.8 Å². The molecule has 8 nitrogen and oxygen atoms in total. The van der Waals surface area contributed by atoms with E-state index in [4.69, 9.17) is 4.74 Å². The molecule has 3 aliphatic heterocycles. The van der Waals surface area contributed by atoms with Crippen molar-refractivity contribution in [2.45, 2.75) is 72.1 Å². The molecule has 0 radical (unpaired) electrons. The van der Waals surface area contributed by atoms with Gasteiger partial charge in [-0.15, -0.1) is 0 Å². The van der Waals surface area contributed by atoms with E-state index in [0.29, 0.717) is 18.5 Å². The molecule has 3 fully saturated rings. The summed E-state index contributed by atoms with van der Waals surface area (Å²) in [5.41, 5.74) is 1.16. The zero-order valence-corrected chi connectivity index (χ0v) is 23.2. The Labute approximate surface area is 221 Å². The Morgan fingerprint density at radius 3 is 2.35 bits per heavy atom. The average Bonchev–Trinajstić information content (AvgIpc) is 3.47. The van der Waals surface area contributed by atoms with E-state index in [2.05, 4.69) is 29.0 Å². The molecular weight excluding hydrogens is 468 g/mol. The number of likely N-dealkylation sites (tertiary alicyclic amines) is 1. The maximum absolute atomic E-state index is 14.0. The summed E-state index contributed by atoms with van der Waals surface area (Å²) in [6.07, 6.45) is 2.35. The number of hydrogen-bond acceptors (Lipinski definition) is 6. The molecule has 1 N–H and O–H groups in total. The van der Waals surface area contributed by atoms with Crippen LogP contribution in [0.15, 0.2) is 24.3 Å². The van der Waals surface area contributed by atoms with Crippen LogP contribution >= 0.6 is 0 Å². The number of carbonyl (C=O) groups excluding carboxylic acids is 3. The van der Waals surface area contributed by atoms with Gasteiger partial charge in [-0.3, -0.25) is 14.4 Å². The van der Waals surface area contributed by atoms with Crippen molar-refractivity contribution >= 4 is 23.3 Å². The minimum atomic E-state index is -0.735. The number of ether oxygens (including phenoxy) is 1. The fourth-order valence-electron chi connectivity index (χ4n) is 5.93. The van der Waals surface area contributed by atoms with E-state index in [0.717, 1.165) is 51.3 Å². The van der Waals surface area contributed by atoms with Gasteiger partial charge in [0, 0.05) is 49.9 Å². The van der Waals surface area contributed by atoms with Gasteiger partial charge in [-0.25, -0.2) is 0 Å². The summed E-state index contributed by atoms with van der Waals surface area (Å²) in [6.45, 7) is 16.0. The van der Waals surface area contributed by atoms with Gasteiger partial charge in [0.1, 0.15) is 18.7 Å². The molecule has 0 aromatic heterocycles. The second-order valence-corrected chi connectivity index (χ2v) is 11.4. The molecule has 0 saturated carbocycles. The van der Waals surface area contributed by atoms with Crippen molar-refractivity contribution in [2.24, 2.45) is 11.3 Å². The molecular formula is C29H44N4O4. The first-order valence-corrected chi connectivity index (χ1v) is 14.0. The number of benzene rings is 1. The first-order valence-electron chi connectivity index (χ1n) is 14.0. The van der Waals surface area contributed by atoms with Crippen LogP contribution in [0, 0.1) is 11.3 Å². The van der Waals surface area contributed by atoms with Crippen LogP contribution in [0.4, 0.5) is 5.69 Å². The van der Waals surface area contributed by atoms with Crippen LogP contribution in [-0.2, 0) is 14.3 Å². The number of amides is 2. The summed E-state index contributed by atoms with van der Waals surface area (Å²) >= 11 is 0. The highest BCUT2D eigenvalue weighted by molar-refractivity contribution is 5.99. The van der Waals surface area contributed by atoms with Crippen molar-refractivity contribution in [3.8, 4) is 0 Å². The highest BCUT2D eigenvalue weighted by Gasteiger charge is 2.53. The molecule has 0 aliphatic carbocycles. The number of rotatable bonds is 9. The van der Waals surface area contributed by atoms with Crippen molar-refractivity contribution in [2.75, 3.05) is 50.8 Å². The Bertz CT molecular complexity index is 971. The van der Waals surface area contributed by atoms with E-state index in [9.17, 15) is 14.4 Å². The normalized spacial score (nSPS) is 25.3. The number of carbonyl (C=O) groups is 3. The van der Waals surface area contributed by atoms with Crippen molar-refractivity contribution in [1.82, 2.24) is 15.1 Å². The Kier molecular flexibility index (Phi) is 8.59. The van der Waals surface area contributed by atoms with Crippen LogP contribution in [0.5, 0.6) is 0 Å². The second kappa shape index (κ2) is 11.5. The van der Waals surface area contributed by atoms with E-state index < -0.39 is 17.5 Å². The van der Waals surface area contributed by atoms with Gasteiger partial charge in [0.05, 0.1) is 6.10 Å². The maximum Gasteiger partial charge on any atom is 0.251 e. The first-order chi connectivity index (χ1) is 17.7. The van der Waals surface area contributed by atoms with Crippen LogP contribution < -0.4 is 10.2 Å². The molecule has 0 bridgehead atoms. The summed E-state index contributed by atoms with van der Waals surface area (Å²) in [5, 5.41) is 3.05. The van der Waals surface area contributed by atoms with Gasteiger partial charge in [-0.1, -0.05) is 41.0 Å². The maximum atomic E-state index is 14.0. The zero-order chi connectivity index (χ0) is 26.7. The minimum Gasteiger partial charge on any atom is -0.369 e. The van der Waals surface area contributed by atoms with Crippen LogP contribution in [-0.4, -0.2) is 91.5 Å². The number of ketones is 1. The molecule has 8 heteroatoms. The Balaban J connectivity index is 1.48. The Morgan fingerprint density at radius 1 is 1.08 bits per heavy atom. The number of piperazine rings is 1. The summed E-state index contributed by atoms with van der Waals surface area (Å²) in [4.78, 5) is 46.5. The smallest absolute Gasteiger partial charge is 0.251 e. The molecule has 204 valence electrons. The van der Waals surface area contributed by atoms with E-state index in [1.165, 1.54) is 0 Å². The molecule has 3 heterocycles. The third-order valence-corrected chi connectivity index (χ3v) is 8.76. The monoisotopic (exact) mass is 512 g/mol. The van der Waals surface area contributed by atoms with Gasteiger partial charge in [0.2, 0.25) is 5.91 Å². The number of hydrogen-bond donors (Lipinski definition) is 1. The molecule has 3 saturated heterocycles. The van der Waals surface area contributed by atoms with Crippen LogP contribution in [0.25, 0.3) is 0 Å². The van der Waals surface area contributed by atoms with Crippen LogP contribution in [0.3, 0.4) is 0 Å². The number of fused-ring (bicyclic) bond motifs is 1.